The minimum Gasteiger partial charge on any atom is -0.436 e. The summed E-state index contributed by atoms with van der Waals surface area (Å²) in [6, 6.07) is 20.2. The van der Waals surface area contributed by atoms with E-state index in [-0.39, 0.29) is 5.56 Å². The van der Waals surface area contributed by atoms with Crippen LogP contribution in [0.15, 0.2) is 69.9 Å². The molecule has 6 rings (SSSR count). The van der Waals surface area contributed by atoms with E-state index in [0.29, 0.717) is 71.3 Å². The third-order valence-electron chi connectivity index (χ3n) is 6.06. The van der Waals surface area contributed by atoms with E-state index in [0.717, 1.165) is 0 Å². The maximum absolute atomic E-state index is 13.4. The maximum atomic E-state index is 13.4. The van der Waals surface area contributed by atoms with Gasteiger partial charge in [-0.2, -0.15) is 5.26 Å². The van der Waals surface area contributed by atoms with Gasteiger partial charge in [-0.25, -0.2) is 9.97 Å². The lowest BCUT2D eigenvalue weighted by atomic mass is 10.1. The second-order valence-corrected chi connectivity index (χ2v) is 8.97. The molecule has 0 saturated heterocycles. The number of imidazole rings is 1. The predicted molar refractivity (Wildman–Crippen MR) is 141 cm³/mol. The lowest BCUT2D eigenvalue weighted by molar-refractivity contribution is 0.620. The number of halogens is 2. The average Bonchev–Trinajstić information content (AvgIpc) is 3.47. The van der Waals surface area contributed by atoms with E-state index in [1.165, 1.54) is 4.40 Å². The molecule has 3 heterocycles. The van der Waals surface area contributed by atoms with Gasteiger partial charge in [-0.15, -0.1) is 0 Å². The van der Waals surface area contributed by atoms with Crippen molar-refractivity contribution in [3.05, 3.63) is 97.4 Å². The summed E-state index contributed by atoms with van der Waals surface area (Å²) in [7, 11) is 0. The summed E-state index contributed by atoms with van der Waals surface area (Å²) in [5.74, 6) is 0.354. The molecule has 6 aromatic rings. The Hall–Kier alpha value is -4.38. The molecule has 0 spiro atoms. The average molecular weight is 512 g/mol. The zero-order valence-corrected chi connectivity index (χ0v) is 20.2. The van der Waals surface area contributed by atoms with Crippen LogP contribution in [0.1, 0.15) is 11.1 Å². The molecule has 7 nitrogen and oxygen atoms in total. The number of benzene rings is 3. The number of para-hydroxylation sites is 2. The summed E-state index contributed by atoms with van der Waals surface area (Å²) in [4.78, 5) is 22.5. The molecule has 0 radical (unpaired) electrons. The second kappa shape index (κ2) is 8.38. The van der Waals surface area contributed by atoms with E-state index in [4.69, 9.17) is 27.6 Å². The molecule has 0 aliphatic heterocycles. The first-order valence-electron chi connectivity index (χ1n) is 10.9. The van der Waals surface area contributed by atoms with Gasteiger partial charge in [0.05, 0.1) is 37.4 Å². The monoisotopic (exact) mass is 511 g/mol. The van der Waals surface area contributed by atoms with Gasteiger partial charge in [0.1, 0.15) is 11.6 Å². The van der Waals surface area contributed by atoms with E-state index in [2.05, 4.69) is 21.4 Å². The number of aromatic nitrogens is 3. The van der Waals surface area contributed by atoms with Crippen LogP contribution in [0.25, 0.3) is 45.4 Å². The maximum Gasteiger partial charge on any atom is 0.265 e. The standard InChI is InChI=1S/C27H15Cl2N5O2/c1-14-17(12-30)25-32-20-7-2-3-8-22(20)34(25)27(35)18(14)13-31-15-9-10-23-21(11-15)33-26(36-23)16-5-4-6-19(28)24(16)29/h2-11,13,31H,1H3. The summed E-state index contributed by atoms with van der Waals surface area (Å²) in [5.41, 5.74) is 4.77. The number of hydrogen-bond donors (Lipinski definition) is 1. The van der Waals surface area contributed by atoms with Crippen LogP contribution in [0, 0.1) is 18.3 Å². The topological polar surface area (TPSA) is 96.2 Å². The van der Waals surface area contributed by atoms with Crippen LogP contribution >= 0.6 is 23.2 Å². The van der Waals surface area contributed by atoms with E-state index < -0.39 is 0 Å². The Morgan fingerprint density at radius 2 is 1.89 bits per heavy atom. The number of rotatable bonds is 3. The zero-order chi connectivity index (χ0) is 25.0. The van der Waals surface area contributed by atoms with Crippen molar-refractivity contribution in [3.8, 4) is 17.5 Å². The predicted octanol–water partition coefficient (Wildman–Crippen LogP) is 5.71. The van der Waals surface area contributed by atoms with Crippen molar-refractivity contribution in [2.24, 2.45) is 0 Å². The Bertz CT molecular complexity index is 2000. The third kappa shape index (κ3) is 3.39. The number of anilines is 1. The van der Waals surface area contributed by atoms with Crippen molar-refractivity contribution < 1.29 is 4.42 Å². The number of nitrogens with zero attached hydrogens (tertiary/aromatic N) is 4. The fourth-order valence-electron chi connectivity index (χ4n) is 4.24. The molecule has 1 N–H and O–H groups in total. The van der Waals surface area contributed by atoms with Gasteiger partial charge in [-0.05, 0) is 55.0 Å². The van der Waals surface area contributed by atoms with E-state index >= 15 is 0 Å². The highest BCUT2D eigenvalue weighted by Gasteiger charge is 2.16. The Kier molecular flexibility index (Phi) is 5.15. The highest BCUT2D eigenvalue weighted by molar-refractivity contribution is 6.43. The molecule has 36 heavy (non-hydrogen) atoms. The van der Waals surface area contributed by atoms with Gasteiger partial charge in [0.2, 0.25) is 5.89 Å². The first-order valence-corrected chi connectivity index (χ1v) is 11.7. The van der Waals surface area contributed by atoms with Crippen molar-refractivity contribution in [1.29, 1.82) is 5.26 Å². The van der Waals surface area contributed by atoms with Gasteiger partial charge in [-0.1, -0.05) is 41.4 Å². The number of hydrogen-bond acceptors (Lipinski definition) is 6. The number of fused-ring (bicyclic) bond motifs is 4. The van der Waals surface area contributed by atoms with E-state index in [1.54, 1.807) is 43.5 Å². The van der Waals surface area contributed by atoms with Crippen molar-refractivity contribution >= 4 is 62.9 Å². The summed E-state index contributed by atoms with van der Waals surface area (Å²) in [5, 5.41) is 14.1. The Morgan fingerprint density at radius 3 is 2.72 bits per heavy atom. The van der Waals surface area contributed by atoms with Crippen molar-refractivity contribution in [2.75, 3.05) is 5.32 Å². The molecule has 0 aliphatic rings. The summed E-state index contributed by atoms with van der Waals surface area (Å²) >= 11 is 12.4. The van der Waals surface area contributed by atoms with Crippen LogP contribution in [0.5, 0.6) is 0 Å². The first kappa shape index (κ1) is 22.1. The van der Waals surface area contributed by atoms with Crippen LogP contribution in [-0.4, -0.2) is 14.4 Å². The minimum absolute atomic E-state index is 0.261. The fraction of sp³-hybridized carbons (Fsp3) is 0.0370. The summed E-state index contributed by atoms with van der Waals surface area (Å²) in [6.45, 7) is 1.74. The molecule has 0 saturated carbocycles. The SMILES string of the molecule is Cc1c(C#N)c2nc3ccccc3n2c(=O)c1=CNc1ccc2oc(-c3cccc(Cl)c3Cl)nc2c1. The smallest absolute Gasteiger partial charge is 0.265 e. The van der Waals surface area contributed by atoms with Gasteiger partial charge < -0.3 is 9.73 Å². The van der Waals surface area contributed by atoms with E-state index in [9.17, 15) is 10.1 Å². The number of nitrogens with one attached hydrogen (secondary N) is 1. The Morgan fingerprint density at radius 1 is 1.06 bits per heavy atom. The van der Waals surface area contributed by atoms with Gasteiger partial charge in [0, 0.05) is 11.9 Å². The molecule has 0 fully saturated rings. The van der Waals surface area contributed by atoms with Crippen LogP contribution in [-0.2, 0) is 0 Å². The number of nitriles is 1. The molecular weight excluding hydrogens is 497 g/mol. The number of oxazole rings is 1. The molecule has 174 valence electrons. The molecule has 0 unspecified atom stereocenters. The van der Waals surface area contributed by atoms with E-state index in [1.807, 2.05) is 30.3 Å². The normalized spacial score (nSPS) is 12.0. The van der Waals surface area contributed by atoms with Gasteiger partial charge in [-0.3, -0.25) is 9.20 Å². The molecule has 0 bridgehead atoms. The molecule has 0 aliphatic carbocycles. The molecule has 9 heteroatoms. The van der Waals surface area contributed by atoms with Crippen molar-refractivity contribution in [3.63, 3.8) is 0 Å². The molecular formula is C27H15Cl2N5O2. The second-order valence-electron chi connectivity index (χ2n) is 8.18. The quantitative estimate of drug-likeness (QED) is 0.326. The van der Waals surface area contributed by atoms with Crippen LogP contribution < -0.4 is 16.1 Å². The summed E-state index contributed by atoms with van der Waals surface area (Å²) < 4.78 is 7.35. The van der Waals surface area contributed by atoms with Gasteiger partial charge in [0.15, 0.2) is 11.2 Å². The fourth-order valence-corrected chi connectivity index (χ4v) is 4.62. The highest BCUT2D eigenvalue weighted by atomic mass is 35.5. The Balaban J connectivity index is 1.45. The molecule has 0 atom stereocenters. The highest BCUT2D eigenvalue weighted by Crippen LogP contribution is 2.34. The van der Waals surface area contributed by atoms with Crippen LogP contribution in [0.4, 0.5) is 5.69 Å². The minimum atomic E-state index is -0.261. The van der Waals surface area contributed by atoms with Gasteiger partial charge >= 0.3 is 0 Å². The third-order valence-corrected chi connectivity index (χ3v) is 6.88. The van der Waals surface area contributed by atoms with Gasteiger partial charge in [0.25, 0.3) is 5.56 Å². The lowest BCUT2D eigenvalue weighted by Gasteiger charge is -2.04. The largest absolute Gasteiger partial charge is 0.436 e. The first-order chi connectivity index (χ1) is 17.5. The van der Waals surface area contributed by atoms with Crippen molar-refractivity contribution in [1.82, 2.24) is 14.4 Å². The summed E-state index contributed by atoms with van der Waals surface area (Å²) in [6.07, 6.45) is 1.60. The van der Waals surface area contributed by atoms with Crippen LogP contribution in [0.2, 0.25) is 10.0 Å². The molecule has 3 aromatic carbocycles. The van der Waals surface area contributed by atoms with Crippen LogP contribution in [0.3, 0.4) is 0 Å². The lowest BCUT2D eigenvalue weighted by Crippen LogP contribution is -2.34. The zero-order valence-electron chi connectivity index (χ0n) is 18.7. The molecule has 3 aromatic heterocycles. The number of pyridine rings is 1. The molecule has 0 amide bonds. The van der Waals surface area contributed by atoms with Crippen molar-refractivity contribution in [2.45, 2.75) is 6.92 Å². The Labute approximate surface area is 213 Å².